The zero-order chi connectivity index (χ0) is 27.1. The monoisotopic (exact) mass is 652 g/mol. The van der Waals surface area contributed by atoms with Crippen molar-refractivity contribution in [1.29, 1.82) is 0 Å². The van der Waals surface area contributed by atoms with Crippen LogP contribution < -0.4 is 0 Å². The van der Waals surface area contributed by atoms with E-state index in [2.05, 4.69) is 14.4 Å². The predicted molar refractivity (Wildman–Crippen MR) is 127 cm³/mol. The van der Waals surface area contributed by atoms with Crippen molar-refractivity contribution >= 4 is 19.7 Å². The van der Waals surface area contributed by atoms with Crippen molar-refractivity contribution in [3.8, 4) is 0 Å². The van der Waals surface area contributed by atoms with Crippen LogP contribution in [-0.2, 0) is 45.4 Å². The third-order valence-electron chi connectivity index (χ3n) is 5.00. The quantitative estimate of drug-likeness (QED) is 0.146. The molecule has 0 spiro atoms. The summed E-state index contributed by atoms with van der Waals surface area (Å²) in [5.41, 5.74) is 4.34. The van der Waals surface area contributed by atoms with Crippen LogP contribution in [0.15, 0.2) is 78.9 Å². The molecular weight excluding hydrogens is 631 g/mol. The average Bonchev–Trinajstić information content (AvgIpc) is 2.83. The molecule has 13 heteroatoms. The maximum Gasteiger partial charge on any atom is 0.416 e. The van der Waals surface area contributed by atoms with Crippen molar-refractivity contribution in [2.75, 3.05) is 0 Å². The molecule has 0 radical (unpaired) electrons. The van der Waals surface area contributed by atoms with Gasteiger partial charge in [-0.25, -0.2) is 8.42 Å². The van der Waals surface area contributed by atoms with Crippen LogP contribution in [0, 0.1) is 7.43 Å². The molecule has 0 aromatic heterocycles. The van der Waals surface area contributed by atoms with E-state index >= 15 is 0 Å². The van der Waals surface area contributed by atoms with Crippen molar-refractivity contribution in [3.63, 3.8) is 0 Å². The third kappa shape index (κ3) is 9.07. The second-order valence-electron chi connectivity index (χ2n) is 7.40. The van der Waals surface area contributed by atoms with Gasteiger partial charge in [0, 0.05) is 0 Å². The zero-order valence-corrected chi connectivity index (χ0v) is 22.3. The standard InChI is InChI=1S/C23H18F6N2O2S.CH3.ClH.Ru/c24-22(25,26)18-12-7-13-19(23(27,28)29)17(18)14-34(32,33)31-21(16-10-5-2-6-11-16)20(30)15-8-3-1-4-9-15;;;/h1-13,20-21,30H,14H2;1H3;1H;/q-2;-1;;+4/p-1. The number of nitrogens with one attached hydrogen (secondary N) is 1. The van der Waals surface area contributed by atoms with E-state index in [4.69, 9.17) is 5.73 Å². The predicted octanol–water partition coefficient (Wildman–Crippen LogP) is 8.60. The Hall–Kier alpha value is -1.98. The summed E-state index contributed by atoms with van der Waals surface area (Å²) in [7, 11) is -0.327. The first-order valence-corrected chi connectivity index (χ1v) is 13.8. The molecule has 0 aliphatic carbocycles. The summed E-state index contributed by atoms with van der Waals surface area (Å²) < 4.78 is 110. The van der Waals surface area contributed by atoms with Gasteiger partial charge in [0.15, 0.2) is 0 Å². The van der Waals surface area contributed by atoms with Crippen LogP contribution in [0.4, 0.5) is 26.3 Å². The van der Waals surface area contributed by atoms with Gasteiger partial charge in [-0.2, -0.15) is 26.3 Å². The summed E-state index contributed by atoms with van der Waals surface area (Å²) in [6.07, 6.45) is -10.4. The first-order chi connectivity index (χ1) is 16.8. The second kappa shape index (κ2) is 13.7. The Bertz CT molecular complexity index is 1200. The van der Waals surface area contributed by atoms with Gasteiger partial charge in [-0.05, 0) is 17.7 Å². The minimum absolute atomic E-state index is 0. The number of nitrogens with zero attached hydrogens (tertiary/aromatic N) is 1. The van der Waals surface area contributed by atoms with E-state index in [1.54, 1.807) is 48.5 Å². The second-order valence-corrected chi connectivity index (χ2v) is 9.07. The molecule has 4 nitrogen and oxygen atoms in total. The van der Waals surface area contributed by atoms with E-state index < -0.39 is 56.9 Å². The van der Waals surface area contributed by atoms with Gasteiger partial charge < -0.3 is 17.9 Å². The Balaban J connectivity index is 0.00000223. The van der Waals surface area contributed by atoms with Crippen molar-refractivity contribution in [1.82, 2.24) is 0 Å². The van der Waals surface area contributed by atoms with Gasteiger partial charge in [0.1, 0.15) is 0 Å². The molecule has 0 bridgehead atoms. The molecule has 0 saturated heterocycles. The van der Waals surface area contributed by atoms with Crippen LogP contribution in [0.3, 0.4) is 0 Å². The van der Waals surface area contributed by atoms with Crippen LogP contribution >= 0.6 is 9.69 Å². The number of hydrogen-bond donors (Lipinski definition) is 0. The van der Waals surface area contributed by atoms with Crippen molar-refractivity contribution < 1.29 is 52.1 Å². The maximum absolute atomic E-state index is 13.4. The Morgan fingerprint density at radius 2 is 1.16 bits per heavy atom. The molecule has 2 unspecified atom stereocenters. The van der Waals surface area contributed by atoms with E-state index in [0.29, 0.717) is 23.8 Å². The number of alkyl halides is 6. The van der Waals surface area contributed by atoms with Crippen LogP contribution in [0.25, 0.3) is 10.5 Å². The Kier molecular flexibility index (Phi) is 12.2. The van der Waals surface area contributed by atoms with Gasteiger partial charge in [0.25, 0.3) is 0 Å². The SMILES string of the molecule is [CH3-].[Cl][Ru+3].[NH-]C(c1ccccc1)C([N-]S(=O)(=O)Cc1c(C(F)(F)F)cccc1C(F)(F)F)c1ccccc1. The maximum atomic E-state index is 13.4. The molecule has 0 amide bonds. The first kappa shape index (κ1) is 33.1. The summed E-state index contributed by atoms with van der Waals surface area (Å²) in [4.78, 5) is 0. The van der Waals surface area contributed by atoms with Gasteiger partial charge in [-0.1, -0.05) is 77.9 Å². The van der Waals surface area contributed by atoms with Crippen LogP contribution in [0.2, 0.25) is 0 Å². The molecule has 3 aromatic carbocycles. The fraction of sp³-hybridized carbons (Fsp3) is 0.208. The summed E-state index contributed by atoms with van der Waals surface area (Å²) in [6, 6.07) is 14.4. The van der Waals surface area contributed by atoms with Gasteiger partial charge in [0.2, 0.25) is 0 Å². The first-order valence-electron chi connectivity index (χ1n) is 9.95. The van der Waals surface area contributed by atoms with E-state index in [-0.39, 0.29) is 13.0 Å². The molecule has 0 saturated carbocycles. The summed E-state index contributed by atoms with van der Waals surface area (Å²) >= 11 is 1.82. The van der Waals surface area contributed by atoms with Gasteiger partial charge in [-0.3, -0.25) is 0 Å². The topological polar surface area (TPSA) is 72.0 Å². The van der Waals surface area contributed by atoms with Gasteiger partial charge in [0.05, 0.1) is 26.9 Å². The fourth-order valence-electron chi connectivity index (χ4n) is 3.47. The summed E-state index contributed by atoms with van der Waals surface area (Å²) in [5, 5.41) is 0. The number of rotatable bonds is 7. The Labute approximate surface area is 226 Å². The van der Waals surface area contributed by atoms with E-state index in [9.17, 15) is 34.8 Å². The van der Waals surface area contributed by atoms with Crippen LogP contribution in [0.1, 0.15) is 39.9 Å². The van der Waals surface area contributed by atoms with Gasteiger partial charge >= 0.3 is 39.4 Å². The number of hydrogen-bond acceptors (Lipinski definition) is 2. The molecular formula is C24H21ClF6N2O2RuS. The molecule has 1 N–H and O–H groups in total. The Morgan fingerprint density at radius 3 is 1.57 bits per heavy atom. The minimum Gasteiger partial charge on any atom is -0.672 e. The third-order valence-corrected chi connectivity index (χ3v) is 6.21. The summed E-state index contributed by atoms with van der Waals surface area (Å²) in [5.74, 6) is -1.62. The fourth-order valence-corrected chi connectivity index (χ4v) is 4.81. The molecule has 202 valence electrons. The zero-order valence-electron chi connectivity index (χ0n) is 19.0. The molecule has 2 atom stereocenters. The molecule has 0 fully saturated rings. The smallest absolute Gasteiger partial charge is 0.416 e. The molecule has 0 aliphatic rings. The molecule has 0 aliphatic heterocycles. The molecule has 0 heterocycles. The van der Waals surface area contributed by atoms with Crippen LogP contribution in [-0.4, -0.2) is 8.42 Å². The largest absolute Gasteiger partial charge is 0.672 e. The normalized spacial score (nSPS) is 13.5. The van der Waals surface area contributed by atoms with Crippen molar-refractivity contribution in [3.05, 3.63) is 125 Å². The molecule has 3 aromatic rings. The van der Waals surface area contributed by atoms with Gasteiger partial charge in [-0.15, -0.1) is 12.1 Å². The average molecular weight is 652 g/mol. The number of halogens is 7. The van der Waals surface area contributed by atoms with Crippen molar-refractivity contribution in [2.24, 2.45) is 0 Å². The van der Waals surface area contributed by atoms with Crippen molar-refractivity contribution in [2.45, 2.75) is 30.2 Å². The van der Waals surface area contributed by atoms with Crippen LogP contribution in [0.5, 0.6) is 0 Å². The van der Waals surface area contributed by atoms with E-state index in [0.717, 1.165) is 0 Å². The minimum atomic E-state index is -5.22. The summed E-state index contributed by atoms with van der Waals surface area (Å²) in [6.45, 7) is 0. The number of benzene rings is 3. The number of sulfonamides is 1. The molecule has 37 heavy (non-hydrogen) atoms. The Morgan fingerprint density at radius 1 is 0.757 bits per heavy atom. The van der Waals surface area contributed by atoms with E-state index in [1.165, 1.54) is 12.1 Å². The molecule has 3 rings (SSSR count). The van der Waals surface area contributed by atoms with E-state index in [1.807, 2.05) is 17.3 Å².